The number of halogens is 4. The van der Waals surface area contributed by atoms with Crippen LogP contribution in [0.15, 0.2) is 60.4 Å². The molecule has 0 aliphatic carbocycles. The van der Waals surface area contributed by atoms with Gasteiger partial charge in [-0.1, -0.05) is 12.1 Å². The molecule has 0 radical (unpaired) electrons. The van der Waals surface area contributed by atoms with Gasteiger partial charge in [0.1, 0.15) is 11.5 Å². The van der Waals surface area contributed by atoms with Crippen LogP contribution < -0.4 is 5.32 Å². The molecule has 0 saturated heterocycles. The highest BCUT2D eigenvalue weighted by Crippen LogP contribution is 2.34. The van der Waals surface area contributed by atoms with Crippen molar-refractivity contribution in [1.82, 2.24) is 19.7 Å². The number of nitrogens with one attached hydrogen (secondary N) is 1. The Balaban J connectivity index is 1.67. The lowest BCUT2D eigenvalue weighted by Gasteiger charge is -2.13. The molecule has 152 valence electrons. The van der Waals surface area contributed by atoms with Gasteiger partial charge in [-0.15, -0.1) is 11.3 Å². The van der Waals surface area contributed by atoms with Crippen LogP contribution in [0.2, 0.25) is 0 Å². The van der Waals surface area contributed by atoms with E-state index in [1.807, 2.05) is 0 Å². The number of rotatable bonds is 4. The van der Waals surface area contributed by atoms with E-state index in [9.17, 15) is 22.4 Å². The zero-order valence-electron chi connectivity index (χ0n) is 14.9. The summed E-state index contributed by atoms with van der Waals surface area (Å²) in [7, 11) is 0. The third kappa shape index (κ3) is 3.79. The Hall–Kier alpha value is -3.60. The normalized spacial score (nSPS) is 11.5. The van der Waals surface area contributed by atoms with Gasteiger partial charge in [0.05, 0.1) is 17.5 Å². The molecule has 0 fully saturated rings. The summed E-state index contributed by atoms with van der Waals surface area (Å²) in [6, 6.07) is 8.32. The summed E-state index contributed by atoms with van der Waals surface area (Å²) in [5.74, 6) is -1.96. The standard InChI is InChI=1S/C19H11F4N5OS/c20-13-5-1-2-6-15(13)28-16(19(21,22)23)12(9-25-28)17(29)27-18-26-14(10-30-18)11-4-3-7-24-8-11/h1-10H,(H,26,27,29). The largest absolute Gasteiger partial charge is 0.434 e. The van der Waals surface area contributed by atoms with Gasteiger partial charge in [-0.05, 0) is 24.3 Å². The molecule has 0 bridgehead atoms. The molecular formula is C19H11F4N5OS. The van der Waals surface area contributed by atoms with Gasteiger partial charge in [0, 0.05) is 23.3 Å². The van der Waals surface area contributed by atoms with Crippen LogP contribution in [0.1, 0.15) is 16.1 Å². The first-order valence-electron chi connectivity index (χ1n) is 8.42. The van der Waals surface area contributed by atoms with Crippen molar-refractivity contribution >= 4 is 22.4 Å². The van der Waals surface area contributed by atoms with E-state index < -0.39 is 34.8 Å². The van der Waals surface area contributed by atoms with Crippen molar-refractivity contribution < 1.29 is 22.4 Å². The molecule has 0 aliphatic rings. The molecule has 1 N–H and O–H groups in total. The fourth-order valence-corrected chi connectivity index (χ4v) is 3.45. The van der Waals surface area contributed by atoms with Crippen molar-refractivity contribution in [3.05, 3.63) is 77.4 Å². The van der Waals surface area contributed by atoms with E-state index in [-0.39, 0.29) is 5.13 Å². The molecule has 4 rings (SSSR count). The van der Waals surface area contributed by atoms with Gasteiger partial charge in [0.15, 0.2) is 10.8 Å². The minimum absolute atomic E-state index is 0.102. The highest BCUT2D eigenvalue weighted by Gasteiger charge is 2.41. The number of anilines is 1. The molecule has 3 aromatic heterocycles. The molecule has 0 saturated carbocycles. The lowest BCUT2D eigenvalue weighted by molar-refractivity contribution is -0.143. The Kier molecular flexibility index (Phi) is 5.04. The second kappa shape index (κ2) is 7.67. The highest BCUT2D eigenvalue weighted by molar-refractivity contribution is 7.14. The van der Waals surface area contributed by atoms with Gasteiger partial charge in [0.2, 0.25) is 0 Å². The number of alkyl halides is 3. The summed E-state index contributed by atoms with van der Waals surface area (Å²) in [6.45, 7) is 0. The smallest absolute Gasteiger partial charge is 0.298 e. The van der Waals surface area contributed by atoms with Gasteiger partial charge >= 0.3 is 6.18 Å². The monoisotopic (exact) mass is 433 g/mol. The number of carbonyl (C=O) groups excluding carboxylic acids is 1. The summed E-state index contributed by atoms with van der Waals surface area (Å²) in [6.07, 6.45) is -1.04. The number of carbonyl (C=O) groups is 1. The van der Waals surface area contributed by atoms with Gasteiger partial charge in [-0.3, -0.25) is 15.1 Å². The first kappa shape index (κ1) is 19.7. The summed E-state index contributed by atoms with van der Waals surface area (Å²) in [4.78, 5) is 20.7. The fourth-order valence-electron chi connectivity index (χ4n) is 2.74. The number of thiazole rings is 1. The van der Waals surface area contributed by atoms with Crippen molar-refractivity contribution in [2.75, 3.05) is 5.32 Å². The van der Waals surface area contributed by atoms with Crippen LogP contribution in [-0.2, 0) is 6.18 Å². The second-order valence-corrected chi connectivity index (χ2v) is 6.86. The Morgan fingerprint density at radius 2 is 1.90 bits per heavy atom. The zero-order chi connectivity index (χ0) is 21.3. The molecule has 0 spiro atoms. The van der Waals surface area contributed by atoms with Crippen molar-refractivity contribution in [2.24, 2.45) is 0 Å². The molecule has 0 atom stereocenters. The predicted molar refractivity (Wildman–Crippen MR) is 102 cm³/mol. The van der Waals surface area contributed by atoms with Crippen LogP contribution in [-0.4, -0.2) is 25.7 Å². The molecule has 0 unspecified atom stereocenters. The van der Waals surface area contributed by atoms with E-state index in [2.05, 4.69) is 20.4 Å². The maximum absolute atomic E-state index is 14.0. The quantitative estimate of drug-likeness (QED) is 0.469. The van der Waals surface area contributed by atoms with Crippen molar-refractivity contribution in [1.29, 1.82) is 0 Å². The third-order valence-corrected chi connectivity index (χ3v) is 4.80. The number of para-hydroxylation sites is 1. The van der Waals surface area contributed by atoms with Gasteiger partial charge < -0.3 is 0 Å². The lowest BCUT2D eigenvalue weighted by atomic mass is 10.2. The first-order valence-corrected chi connectivity index (χ1v) is 9.30. The van der Waals surface area contributed by atoms with E-state index >= 15 is 0 Å². The number of hydrogen-bond donors (Lipinski definition) is 1. The van der Waals surface area contributed by atoms with E-state index in [1.165, 1.54) is 12.1 Å². The molecule has 1 amide bonds. The minimum atomic E-state index is -4.95. The predicted octanol–water partition coefficient (Wildman–Crippen LogP) is 4.80. The minimum Gasteiger partial charge on any atom is -0.298 e. The zero-order valence-corrected chi connectivity index (χ0v) is 15.7. The lowest BCUT2D eigenvalue weighted by Crippen LogP contribution is -2.21. The maximum atomic E-state index is 14.0. The van der Waals surface area contributed by atoms with Gasteiger partial charge in [-0.25, -0.2) is 14.1 Å². The average molecular weight is 433 g/mol. The van der Waals surface area contributed by atoms with Gasteiger partial charge in [-0.2, -0.15) is 18.3 Å². The van der Waals surface area contributed by atoms with Crippen LogP contribution in [0.25, 0.3) is 16.9 Å². The van der Waals surface area contributed by atoms with E-state index in [4.69, 9.17) is 0 Å². The fraction of sp³-hybridized carbons (Fsp3) is 0.0526. The summed E-state index contributed by atoms with van der Waals surface area (Å²) in [5, 5.41) is 7.68. The molecule has 1 aromatic carbocycles. The number of aromatic nitrogens is 4. The van der Waals surface area contributed by atoms with Crippen LogP contribution >= 0.6 is 11.3 Å². The number of nitrogens with zero attached hydrogens (tertiary/aromatic N) is 4. The van der Waals surface area contributed by atoms with E-state index in [1.54, 1.807) is 29.9 Å². The van der Waals surface area contributed by atoms with E-state index in [0.29, 0.717) is 15.9 Å². The van der Waals surface area contributed by atoms with Gasteiger partial charge in [0.25, 0.3) is 5.91 Å². The summed E-state index contributed by atoms with van der Waals surface area (Å²) < 4.78 is 55.5. The highest BCUT2D eigenvalue weighted by atomic mass is 32.1. The Morgan fingerprint density at radius 3 is 2.60 bits per heavy atom. The SMILES string of the molecule is O=C(Nc1nc(-c2cccnc2)cs1)c1cnn(-c2ccccc2F)c1C(F)(F)F. The topological polar surface area (TPSA) is 72.7 Å². The van der Waals surface area contributed by atoms with Crippen molar-refractivity contribution in [3.63, 3.8) is 0 Å². The second-order valence-electron chi connectivity index (χ2n) is 6.00. The molecular weight excluding hydrogens is 422 g/mol. The average Bonchev–Trinajstić information content (AvgIpc) is 3.36. The van der Waals surface area contributed by atoms with Crippen LogP contribution in [0, 0.1) is 5.82 Å². The molecule has 3 heterocycles. The van der Waals surface area contributed by atoms with Crippen LogP contribution in [0.3, 0.4) is 0 Å². The van der Waals surface area contributed by atoms with Crippen LogP contribution in [0.4, 0.5) is 22.7 Å². The number of amides is 1. The van der Waals surface area contributed by atoms with E-state index in [0.717, 1.165) is 29.7 Å². The number of benzene rings is 1. The molecule has 6 nitrogen and oxygen atoms in total. The summed E-state index contributed by atoms with van der Waals surface area (Å²) >= 11 is 1.05. The third-order valence-electron chi connectivity index (χ3n) is 4.04. The molecule has 0 aliphatic heterocycles. The van der Waals surface area contributed by atoms with Crippen LogP contribution in [0.5, 0.6) is 0 Å². The molecule has 4 aromatic rings. The first-order chi connectivity index (χ1) is 14.3. The molecule has 30 heavy (non-hydrogen) atoms. The van der Waals surface area contributed by atoms with Crippen molar-refractivity contribution in [2.45, 2.75) is 6.18 Å². The van der Waals surface area contributed by atoms with Crippen molar-refractivity contribution in [3.8, 4) is 16.9 Å². The Morgan fingerprint density at radius 1 is 1.10 bits per heavy atom. The Labute approximate surface area is 170 Å². The number of hydrogen-bond acceptors (Lipinski definition) is 5. The summed E-state index contributed by atoms with van der Waals surface area (Å²) in [5.41, 5.74) is -1.34. The number of pyridine rings is 1. The molecule has 11 heteroatoms. The Bertz CT molecular complexity index is 1200. The maximum Gasteiger partial charge on any atom is 0.434 e.